The highest BCUT2D eigenvalue weighted by Gasteiger charge is 2.17. The van der Waals surface area contributed by atoms with Gasteiger partial charge in [0.05, 0.1) is 5.56 Å². The van der Waals surface area contributed by atoms with Crippen molar-refractivity contribution in [3.63, 3.8) is 0 Å². The highest BCUT2D eigenvalue weighted by Crippen LogP contribution is 2.11. The Bertz CT molecular complexity index is 587. The van der Waals surface area contributed by atoms with E-state index in [9.17, 15) is 4.79 Å². The molecule has 6 nitrogen and oxygen atoms in total. The number of nitrogens with zero attached hydrogens (tertiary/aromatic N) is 3. The molecule has 3 heterocycles. The normalized spacial score (nSPS) is 19.4. The lowest BCUT2D eigenvalue weighted by molar-refractivity contribution is 0.0696. The van der Waals surface area contributed by atoms with Gasteiger partial charge in [-0.05, 0) is 31.5 Å². The van der Waals surface area contributed by atoms with E-state index in [1.165, 1.54) is 17.1 Å². The number of nitrogens with one attached hydrogen (secondary N) is 1. The zero-order chi connectivity index (χ0) is 12.5. The van der Waals surface area contributed by atoms with Gasteiger partial charge in [-0.15, -0.1) is 0 Å². The molecule has 0 radical (unpaired) electrons. The van der Waals surface area contributed by atoms with E-state index >= 15 is 0 Å². The Morgan fingerprint density at radius 3 is 3.17 bits per heavy atom. The number of carbonyl (C=O) groups is 1. The van der Waals surface area contributed by atoms with Gasteiger partial charge >= 0.3 is 5.97 Å². The third-order valence-corrected chi connectivity index (χ3v) is 3.21. The average molecular weight is 246 g/mol. The smallest absolute Gasteiger partial charge is 0.337 e. The molecule has 0 aromatic carbocycles. The number of aromatic carboxylic acids is 1. The highest BCUT2D eigenvalue weighted by molar-refractivity contribution is 5.87. The summed E-state index contributed by atoms with van der Waals surface area (Å²) in [6.45, 7) is 1.06. The Hall–Kier alpha value is -1.95. The molecule has 6 heteroatoms. The maximum absolute atomic E-state index is 10.9. The van der Waals surface area contributed by atoms with Crippen molar-refractivity contribution in [2.45, 2.75) is 25.3 Å². The molecule has 3 rings (SSSR count). The maximum Gasteiger partial charge on any atom is 0.337 e. The Kier molecular flexibility index (Phi) is 2.71. The summed E-state index contributed by atoms with van der Waals surface area (Å²) >= 11 is 0. The first kappa shape index (κ1) is 11.2. The fourth-order valence-corrected chi connectivity index (χ4v) is 2.29. The van der Waals surface area contributed by atoms with Gasteiger partial charge in [0.1, 0.15) is 0 Å². The first-order valence-electron chi connectivity index (χ1n) is 6.04. The number of hydrogen-bond acceptors (Lipinski definition) is 4. The summed E-state index contributed by atoms with van der Waals surface area (Å²) in [5.74, 6) is -0.191. The summed E-state index contributed by atoms with van der Waals surface area (Å²) in [6, 6.07) is 3.67. The van der Waals surface area contributed by atoms with Crippen molar-refractivity contribution in [2.24, 2.45) is 0 Å². The number of pyridine rings is 1. The highest BCUT2D eigenvalue weighted by atomic mass is 16.4. The largest absolute Gasteiger partial charge is 0.478 e. The number of carboxylic acids is 1. The van der Waals surface area contributed by atoms with Gasteiger partial charge in [-0.25, -0.2) is 14.3 Å². The Labute approximate surface area is 104 Å². The van der Waals surface area contributed by atoms with Crippen LogP contribution in [0.15, 0.2) is 18.3 Å². The van der Waals surface area contributed by atoms with Crippen LogP contribution in [0.2, 0.25) is 0 Å². The first-order valence-corrected chi connectivity index (χ1v) is 6.04. The van der Waals surface area contributed by atoms with E-state index in [4.69, 9.17) is 5.11 Å². The fraction of sp³-hybridized carbons (Fsp3) is 0.417. The van der Waals surface area contributed by atoms with Crippen LogP contribution in [-0.2, 0) is 6.42 Å². The third-order valence-electron chi connectivity index (χ3n) is 3.21. The van der Waals surface area contributed by atoms with Crippen LogP contribution in [0, 0.1) is 0 Å². The van der Waals surface area contributed by atoms with Gasteiger partial charge in [0.25, 0.3) is 0 Å². The lowest BCUT2D eigenvalue weighted by atomic mass is 10.1. The molecule has 2 N–H and O–H groups in total. The second-order valence-electron chi connectivity index (χ2n) is 4.55. The molecule has 2 aromatic heterocycles. The fourth-order valence-electron chi connectivity index (χ4n) is 2.29. The van der Waals surface area contributed by atoms with Crippen LogP contribution in [0.1, 0.15) is 29.0 Å². The van der Waals surface area contributed by atoms with Crippen LogP contribution in [-0.4, -0.2) is 38.3 Å². The second-order valence-corrected chi connectivity index (χ2v) is 4.55. The molecular weight excluding hydrogens is 232 g/mol. The van der Waals surface area contributed by atoms with E-state index in [1.807, 2.05) is 0 Å². The van der Waals surface area contributed by atoms with Gasteiger partial charge < -0.3 is 10.4 Å². The predicted octanol–water partition coefficient (Wildman–Crippen LogP) is 0.722. The van der Waals surface area contributed by atoms with Gasteiger partial charge in [0.2, 0.25) is 0 Å². The molecule has 18 heavy (non-hydrogen) atoms. The minimum atomic E-state index is -0.952. The van der Waals surface area contributed by atoms with Gasteiger partial charge in [-0.3, -0.25) is 0 Å². The van der Waals surface area contributed by atoms with Crippen molar-refractivity contribution in [2.75, 3.05) is 6.54 Å². The van der Waals surface area contributed by atoms with Gasteiger partial charge in [0, 0.05) is 18.7 Å². The number of fused-ring (bicyclic) bond motifs is 1. The zero-order valence-electron chi connectivity index (χ0n) is 9.83. The Balaban J connectivity index is 1.87. The number of aromatic nitrogens is 3. The van der Waals surface area contributed by atoms with E-state index < -0.39 is 5.97 Å². The van der Waals surface area contributed by atoms with Crippen molar-refractivity contribution in [3.05, 3.63) is 29.7 Å². The van der Waals surface area contributed by atoms with Crippen molar-refractivity contribution >= 4 is 11.6 Å². The van der Waals surface area contributed by atoms with Crippen LogP contribution in [0.5, 0.6) is 0 Å². The molecule has 0 spiro atoms. The number of carboxylic acid groups (broad SMARTS) is 1. The summed E-state index contributed by atoms with van der Waals surface area (Å²) in [5.41, 5.74) is 0.908. The van der Waals surface area contributed by atoms with Crippen LogP contribution in [0.25, 0.3) is 5.65 Å². The third kappa shape index (κ3) is 2.06. The standard InChI is InChI=1S/C12H14N4O2/c17-12(18)8-3-4-11-14-10(15-16(11)7-8)6-9-2-1-5-13-9/h3-4,7,9,13H,1-2,5-6H2,(H,17,18). The summed E-state index contributed by atoms with van der Waals surface area (Å²) < 4.78 is 1.54. The molecule has 0 amide bonds. The van der Waals surface area contributed by atoms with Gasteiger partial charge in [-0.2, -0.15) is 5.10 Å². The first-order chi connectivity index (χ1) is 8.72. The van der Waals surface area contributed by atoms with Crippen molar-refractivity contribution in [1.29, 1.82) is 0 Å². The summed E-state index contributed by atoms with van der Waals surface area (Å²) in [6.07, 6.45) is 4.64. The van der Waals surface area contributed by atoms with Gasteiger partial charge in [0.15, 0.2) is 11.5 Å². The summed E-state index contributed by atoms with van der Waals surface area (Å²) in [7, 11) is 0. The molecule has 94 valence electrons. The molecule has 0 aliphatic carbocycles. The lowest BCUT2D eigenvalue weighted by Crippen LogP contribution is -2.24. The van der Waals surface area contributed by atoms with Crippen LogP contribution < -0.4 is 5.32 Å². The minimum Gasteiger partial charge on any atom is -0.478 e. The molecule has 0 saturated carbocycles. The van der Waals surface area contributed by atoms with Crippen LogP contribution >= 0.6 is 0 Å². The quantitative estimate of drug-likeness (QED) is 0.834. The average Bonchev–Trinajstić information content (AvgIpc) is 2.96. The lowest BCUT2D eigenvalue weighted by Gasteiger charge is -2.05. The second kappa shape index (κ2) is 4.38. The molecule has 1 atom stereocenters. The topological polar surface area (TPSA) is 79.5 Å². The zero-order valence-corrected chi connectivity index (χ0v) is 9.83. The van der Waals surface area contributed by atoms with E-state index in [2.05, 4.69) is 15.4 Å². The Morgan fingerprint density at radius 1 is 1.56 bits per heavy atom. The summed E-state index contributed by atoms with van der Waals surface area (Å²) in [4.78, 5) is 15.3. The van der Waals surface area contributed by atoms with Crippen molar-refractivity contribution < 1.29 is 9.90 Å². The van der Waals surface area contributed by atoms with E-state index in [1.54, 1.807) is 12.1 Å². The van der Waals surface area contributed by atoms with E-state index in [0.717, 1.165) is 25.2 Å². The van der Waals surface area contributed by atoms with E-state index in [-0.39, 0.29) is 5.56 Å². The van der Waals surface area contributed by atoms with Crippen LogP contribution in [0.4, 0.5) is 0 Å². The Morgan fingerprint density at radius 2 is 2.44 bits per heavy atom. The van der Waals surface area contributed by atoms with Crippen molar-refractivity contribution in [3.8, 4) is 0 Å². The molecule has 1 aliphatic heterocycles. The SMILES string of the molecule is O=C(O)c1ccc2nc(CC3CCCN3)nn2c1. The van der Waals surface area contributed by atoms with Gasteiger partial charge in [-0.1, -0.05) is 0 Å². The molecule has 1 aliphatic rings. The number of hydrogen-bond donors (Lipinski definition) is 2. The monoisotopic (exact) mass is 246 g/mol. The molecular formula is C12H14N4O2. The van der Waals surface area contributed by atoms with Crippen molar-refractivity contribution in [1.82, 2.24) is 19.9 Å². The number of rotatable bonds is 3. The molecule has 1 unspecified atom stereocenters. The van der Waals surface area contributed by atoms with E-state index in [0.29, 0.717) is 11.7 Å². The molecule has 2 aromatic rings. The summed E-state index contributed by atoms with van der Waals surface area (Å²) in [5, 5.41) is 16.6. The molecule has 0 bridgehead atoms. The predicted molar refractivity (Wildman–Crippen MR) is 64.7 cm³/mol. The van der Waals surface area contributed by atoms with Crippen LogP contribution in [0.3, 0.4) is 0 Å². The minimum absolute atomic E-state index is 0.220. The molecule has 1 fully saturated rings. The molecule has 1 saturated heterocycles. The maximum atomic E-state index is 10.9.